The molecule has 0 atom stereocenters. The van der Waals surface area contributed by atoms with Crippen LogP contribution in [0.15, 0.2) is 17.0 Å². The Morgan fingerprint density at radius 2 is 1.88 bits per heavy atom. The molecule has 0 saturated carbocycles. The maximum Gasteiger partial charge on any atom is 0.300 e. The summed E-state index contributed by atoms with van der Waals surface area (Å²) >= 11 is 3.11. The number of rotatable bonds is 3. The molecule has 0 aliphatic carbocycles. The number of anilines is 1. The van der Waals surface area contributed by atoms with Crippen LogP contribution >= 0.6 is 15.9 Å². The van der Waals surface area contributed by atoms with Gasteiger partial charge in [-0.3, -0.25) is 4.72 Å². The van der Waals surface area contributed by atoms with Gasteiger partial charge in [0.25, 0.3) is 0 Å². The largest absolute Gasteiger partial charge is 0.300 e. The summed E-state index contributed by atoms with van der Waals surface area (Å²) in [5.74, 6) is 0.167. The van der Waals surface area contributed by atoms with Gasteiger partial charge in [0.1, 0.15) is 4.60 Å². The summed E-state index contributed by atoms with van der Waals surface area (Å²) in [6.07, 6.45) is 2.74. The van der Waals surface area contributed by atoms with Gasteiger partial charge in [-0.2, -0.15) is 13.1 Å². The van der Waals surface area contributed by atoms with Crippen LogP contribution in [-0.2, 0) is 10.2 Å². The van der Waals surface area contributed by atoms with E-state index in [1.807, 2.05) is 0 Å². The molecule has 0 aromatic carbocycles. The van der Waals surface area contributed by atoms with Gasteiger partial charge in [-0.05, 0) is 36.7 Å². The smallest absolute Gasteiger partial charge is 0.253 e. The first-order valence-electron chi connectivity index (χ1n) is 4.47. The maximum absolute atomic E-state index is 11.6. The van der Waals surface area contributed by atoms with E-state index in [-0.39, 0.29) is 5.82 Å². The SMILES string of the molecule is CC(C)(C)NS(=O)(=O)Nc1cnc(Br)cn1. The van der Waals surface area contributed by atoms with Crippen LogP contribution in [0.5, 0.6) is 0 Å². The predicted octanol–water partition coefficient (Wildman–Crippen LogP) is 1.28. The zero-order valence-corrected chi connectivity index (χ0v) is 11.6. The second kappa shape index (κ2) is 4.64. The van der Waals surface area contributed by atoms with E-state index in [4.69, 9.17) is 0 Å². The van der Waals surface area contributed by atoms with Crippen LogP contribution in [0.2, 0.25) is 0 Å². The van der Waals surface area contributed by atoms with Gasteiger partial charge in [0.2, 0.25) is 0 Å². The monoisotopic (exact) mass is 308 g/mol. The van der Waals surface area contributed by atoms with Crippen molar-refractivity contribution in [2.45, 2.75) is 26.3 Å². The first-order valence-corrected chi connectivity index (χ1v) is 6.75. The summed E-state index contributed by atoms with van der Waals surface area (Å²) in [6.45, 7) is 5.25. The molecule has 0 bridgehead atoms. The summed E-state index contributed by atoms with van der Waals surface area (Å²) < 4.78 is 28.4. The zero-order valence-electron chi connectivity index (χ0n) is 9.15. The Kier molecular flexibility index (Phi) is 3.87. The van der Waals surface area contributed by atoms with Gasteiger partial charge in [0, 0.05) is 5.54 Å². The Balaban J connectivity index is 2.77. The van der Waals surface area contributed by atoms with Crippen molar-refractivity contribution in [2.24, 2.45) is 0 Å². The zero-order chi connectivity index (χ0) is 12.4. The molecule has 0 spiro atoms. The van der Waals surface area contributed by atoms with Crippen LogP contribution in [0.1, 0.15) is 20.8 Å². The van der Waals surface area contributed by atoms with Crippen LogP contribution in [0.4, 0.5) is 5.82 Å². The Morgan fingerprint density at radius 1 is 1.25 bits per heavy atom. The average Bonchev–Trinajstić information content (AvgIpc) is 2.04. The molecule has 1 aromatic rings. The van der Waals surface area contributed by atoms with Crippen molar-refractivity contribution in [2.75, 3.05) is 4.72 Å². The highest BCUT2D eigenvalue weighted by atomic mass is 79.9. The van der Waals surface area contributed by atoms with Crippen molar-refractivity contribution in [3.05, 3.63) is 17.0 Å². The van der Waals surface area contributed by atoms with Crippen molar-refractivity contribution in [1.82, 2.24) is 14.7 Å². The second-order valence-electron chi connectivity index (χ2n) is 4.18. The van der Waals surface area contributed by atoms with Crippen molar-refractivity contribution < 1.29 is 8.42 Å². The Morgan fingerprint density at radius 3 is 2.31 bits per heavy atom. The van der Waals surface area contributed by atoms with Crippen molar-refractivity contribution in [3.8, 4) is 0 Å². The lowest BCUT2D eigenvalue weighted by molar-refractivity contribution is 0.494. The molecule has 1 rings (SSSR count). The van der Waals surface area contributed by atoms with E-state index in [9.17, 15) is 8.42 Å². The van der Waals surface area contributed by atoms with Crippen LogP contribution < -0.4 is 9.44 Å². The fraction of sp³-hybridized carbons (Fsp3) is 0.500. The molecule has 90 valence electrons. The third-order valence-electron chi connectivity index (χ3n) is 1.30. The molecule has 0 saturated heterocycles. The molecule has 8 heteroatoms. The Labute approximate surface area is 103 Å². The van der Waals surface area contributed by atoms with Crippen molar-refractivity contribution in [1.29, 1.82) is 0 Å². The molecule has 1 heterocycles. The summed E-state index contributed by atoms with van der Waals surface area (Å²) in [6, 6.07) is 0. The molecule has 0 radical (unpaired) electrons. The topological polar surface area (TPSA) is 84.0 Å². The molecule has 2 N–H and O–H groups in total. The van der Waals surface area contributed by atoms with Gasteiger partial charge in [-0.1, -0.05) is 0 Å². The Bertz CT molecular complexity index is 452. The summed E-state index contributed by atoms with van der Waals surface area (Å²) in [7, 11) is -3.62. The third-order valence-corrected chi connectivity index (χ3v) is 3.07. The van der Waals surface area contributed by atoms with Gasteiger partial charge in [-0.15, -0.1) is 0 Å². The standard InChI is InChI=1S/C8H13BrN4O2S/c1-8(2,3)13-16(14,15)12-7-5-10-6(9)4-11-7/h4-5,13H,1-3H3,(H,11,12). The first-order chi connectivity index (χ1) is 7.18. The minimum atomic E-state index is -3.62. The number of hydrogen-bond donors (Lipinski definition) is 2. The van der Waals surface area contributed by atoms with E-state index < -0.39 is 15.7 Å². The lowest BCUT2D eigenvalue weighted by Gasteiger charge is -2.20. The molecule has 1 aromatic heterocycles. The fourth-order valence-electron chi connectivity index (χ4n) is 0.931. The highest BCUT2D eigenvalue weighted by molar-refractivity contribution is 9.10. The predicted molar refractivity (Wildman–Crippen MR) is 65.2 cm³/mol. The number of aromatic nitrogens is 2. The number of halogens is 1. The highest BCUT2D eigenvalue weighted by Gasteiger charge is 2.19. The summed E-state index contributed by atoms with van der Waals surface area (Å²) in [5.41, 5.74) is -0.547. The van der Waals surface area contributed by atoms with Crippen LogP contribution in [0, 0.1) is 0 Å². The van der Waals surface area contributed by atoms with Crippen LogP contribution in [0.25, 0.3) is 0 Å². The summed E-state index contributed by atoms with van der Waals surface area (Å²) in [5, 5.41) is 0. The van der Waals surface area contributed by atoms with Crippen LogP contribution in [0.3, 0.4) is 0 Å². The quantitative estimate of drug-likeness (QED) is 0.881. The Hall–Kier alpha value is -0.730. The van der Waals surface area contributed by atoms with Gasteiger partial charge < -0.3 is 0 Å². The number of hydrogen-bond acceptors (Lipinski definition) is 4. The van der Waals surface area contributed by atoms with E-state index >= 15 is 0 Å². The van der Waals surface area contributed by atoms with Gasteiger partial charge in [-0.25, -0.2) is 9.97 Å². The molecule has 0 unspecified atom stereocenters. The van der Waals surface area contributed by atoms with Gasteiger partial charge in [0.05, 0.1) is 12.4 Å². The molecule has 0 aliphatic heterocycles. The first kappa shape index (κ1) is 13.3. The minimum absolute atomic E-state index is 0.167. The number of nitrogens with one attached hydrogen (secondary N) is 2. The van der Waals surface area contributed by atoms with E-state index in [1.165, 1.54) is 12.4 Å². The second-order valence-corrected chi connectivity index (χ2v) is 6.41. The normalized spacial score (nSPS) is 12.5. The molecule has 16 heavy (non-hydrogen) atoms. The molecule has 0 amide bonds. The van der Waals surface area contributed by atoms with Gasteiger partial charge >= 0.3 is 10.2 Å². The third kappa shape index (κ3) is 4.86. The van der Waals surface area contributed by atoms with E-state index in [0.29, 0.717) is 4.60 Å². The van der Waals surface area contributed by atoms with E-state index in [2.05, 4.69) is 35.3 Å². The summed E-state index contributed by atoms with van der Waals surface area (Å²) in [4.78, 5) is 7.71. The minimum Gasteiger partial charge on any atom is -0.253 e. The maximum atomic E-state index is 11.6. The lowest BCUT2D eigenvalue weighted by Crippen LogP contribution is -2.43. The van der Waals surface area contributed by atoms with Gasteiger partial charge in [0.15, 0.2) is 5.82 Å². The average molecular weight is 309 g/mol. The fourth-order valence-corrected chi connectivity index (χ4v) is 2.37. The number of nitrogens with zero attached hydrogens (tertiary/aromatic N) is 2. The van der Waals surface area contributed by atoms with Crippen molar-refractivity contribution in [3.63, 3.8) is 0 Å². The molecular weight excluding hydrogens is 296 g/mol. The molecule has 6 nitrogen and oxygen atoms in total. The molecular formula is C8H13BrN4O2S. The molecule has 0 aliphatic rings. The lowest BCUT2D eigenvalue weighted by atomic mass is 10.1. The van der Waals surface area contributed by atoms with E-state index in [0.717, 1.165) is 0 Å². The molecule has 0 fully saturated rings. The van der Waals surface area contributed by atoms with Crippen molar-refractivity contribution >= 4 is 32.0 Å². The van der Waals surface area contributed by atoms with E-state index in [1.54, 1.807) is 20.8 Å². The van der Waals surface area contributed by atoms with Crippen LogP contribution in [-0.4, -0.2) is 23.9 Å². The highest BCUT2D eigenvalue weighted by Crippen LogP contribution is 2.09.